The first-order valence-electron chi connectivity index (χ1n) is 5.73. The average molecular weight is 249 g/mol. The average Bonchev–Trinajstić information content (AvgIpc) is 2.76. The molecule has 3 N–H and O–H groups in total. The Hall–Kier alpha value is -1.88. The van der Waals surface area contributed by atoms with Crippen molar-refractivity contribution in [1.82, 2.24) is 9.97 Å². The fourth-order valence-corrected chi connectivity index (χ4v) is 1.75. The van der Waals surface area contributed by atoms with Crippen LogP contribution in [0, 0.1) is 5.82 Å². The molecule has 0 aliphatic rings. The largest absolute Gasteiger partial charge is 0.494 e. The van der Waals surface area contributed by atoms with Crippen LogP contribution in [0.25, 0.3) is 11.3 Å². The summed E-state index contributed by atoms with van der Waals surface area (Å²) in [5.74, 6) is 0.642. The van der Waals surface area contributed by atoms with E-state index in [1.54, 1.807) is 18.3 Å². The number of aromatic nitrogens is 2. The second-order valence-electron chi connectivity index (χ2n) is 4.27. The summed E-state index contributed by atoms with van der Waals surface area (Å²) in [5.41, 5.74) is 7.20. The summed E-state index contributed by atoms with van der Waals surface area (Å²) in [6, 6.07) is 4.83. The predicted octanol–water partition coefficient (Wildman–Crippen LogP) is 2.11. The van der Waals surface area contributed by atoms with Crippen molar-refractivity contribution in [2.24, 2.45) is 5.73 Å². The monoisotopic (exact) mass is 249 g/mol. The molecule has 1 heterocycles. The summed E-state index contributed by atoms with van der Waals surface area (Å²) >= 11 is 0. The second kappa shape index (κ2) is 5.18. The van der Waals surface area contributed by atoms with E-state index in [4.69, 9.17) is 10.5 Å². The lowest BCUT2D eigenvalue weighted by Crippen LogP contribution is -2.18. The summed E-state index contributed by atoms with van der Waals surface area (Å²) in [4.78, 5) is 7.34. The van der Waals surface area contributed by atoms with E-state index in [-0.39, 0.29) is 11.8 Å². The lowest BCUT2D eigenvalue weighted by molar-refractivity contribution is 0.386. The summed E-state index contributed by atoms with van der Waals surface area (Å²) in [6.07, 6.45) is 2.34. The number of benzene rings is 1. The summed E-state index contributed by atoms with van der Waals surface area (Å²) in [6.45, 7) is 1.91. The van der Waals surface area contributed by atoms with E-state index in [1.165, 1.54) is 13.2 Å². The van der Waals surface area contributed by atoms with Crippen LogP contribution in [0.5, 0.6) is 5.75 Å². The highest BCUT2D eigenvalue weighted by Gasteiger charge is 2.08. The van der Waals surface area contributed by atoms with Crippen LogP contribution in [0.15, 0.2) is 24.4 Å². The Morgan fingerprint density at radius 1 is 1.50 bits per heavy atom. The van der Waals surface area contributed by atoms with Crippen LogP contribution >= 0.6 is 0 Å². The number of nitrogens with zero attached hydrogens (tertiary/aromatic N) is 1. The van der Waals surface area contributed by atoms with Crippen molar-refractivity contribution in [3.8, 4) is 17.0 Å². The van der Waals surface area contributed by atoms with Crippen LogP contribution in [0.3, 0.4) is 0 Å². The zero-order valence-corrected chi connectivity index (χ0v) is 10.4. The summed E-state index contributed by atoms with van der Waals surface area (Å²) < 4.78 is 18.5. The van der Waals surface area contributed by atoms with Gasteiger partial charge in [-0.05, 0) is 25.1 Å². The Morgan fingerprint density at radius 2 is 2.28 bits per heavy atom. The fourth-order valence-electron chi connectivity index (χ4n) is 1.75. The lowest BCUT2D eigenvalue weighted by atomic mass is 10.1. The minimum Gasteiger partial charge on any atom is -0.494 e. The Labute approximate surface area is 105 Å². The SMILES string of the molecule is COc1ccc(-c2cnc(CC(C)N)[nH]2)cc1F. The predicted molar refractivity (Wildman–Crippen MR) is 67.9 cm³/mol. The molecular weight excluding hydrogens is 233 g/mol. The number of ether oxygens (including phenoxy) is 1. The van der Waals surface area contributed by atoms with Crippen molar-refractivity contribution in [2.75, 3.05) is 7.11 Å². The Kier molecular flexibility index (Phi) is 3.62. The van der Waals surface area contributed by atoms with Crippen molar-refractivity contribution in [3.63, 3.8) is 0 Å². The molecule has 1 aromatic heterocycles. The van der Waals surface area contributed by atoms with Gasteiger partial charge in [0.05, 0.1) is 19.0 Å². The maximum atomic E-state index is 13.6. The molecule has 1 atom stereocenters. The molecule has 1 aromatic carbocycles. The van der Waals surface area contributed by atoms with Crippen molar-refractivity contribution in [3.05, 3.63) is 36.0 Å². The number of nitrogens with two attached hydrogens (primary N) is 1. The van der Waals surface area contributed by atoms with Crippen LogP contribution < -0.4 is 10.5 Å². The first-order valence-corrected chi connectivity index (χ1v) is 5.73. The van der Waals surface area contributed by atoms with Crippen LogP contribution in [-0.4, -0.2) is 23.1 Å². The smallest absolute Gasteiger partial charge is 0.165 e. The quantitative estimate of drug-likeness (QED) is 0.872. The molecule has 5 heteroatoms. The van der Waals surface area contributed by atoms with E-state index in [2.05, 4.69) is 9.97 Å². The highest BCUT2D eigenvalue weighted by atomic mass is 19.1. The van der Waals surface area contributed by atoms with Gasteiger partial charge in [0, 0.05) is 18.0 Å². The van der Waals surface area contributed by atoms with Crippen LogP contribution in [-0.2, 0) is 6.42 Å². The zero-order chi connectivity index (χ0) is 13.1. The first kappa shape index (κ1) is 12.6. The Morgan fingerprint density at radius 3 is 2.89 bits per heavy atom. The lowest BCUT2D eigenvalue weighted by Gasteiger charge is -2.04. The molecule has 0 saturated carbocycles. The molecular formula is C13H16FN3O. The molecule has 2 aromatic rings. The molecule has 18 heavy (non-hydrogen) atoms. The van der Waals surface area contributed by atoms with Crippen molar-refractivity contribution >= 4 is 0 Å². The van der Waals surface area contributed by atoms with Gasteiger partial charge in [0.15, 0.2) is 11.6 Å². The highest BCUT2D eigenvalue weighted by molar-refractivity contribution is 5.59. The van der Waals surface area contributed by atoms with Crippen LogP contribution in [0.1, 0.15) is 12.7 Å². The van der Waals surface area contributed by atoms with Crippen LogP contribution in [0.2, 0.25) is 0 Å². The van der Waals surface area contributed by atoms with Gasteiger partial charge in [-0.1, -0.05) is 0 Å². The van der Waals surface area contributed by atoms with Crippen molar-refractivity contribution in [1.29, 1.82) is 0 Å². The van der Waals surface area contributed by atoms with E-state index < -0.39 is 5.82 Å². The van der Waals surface area contributed by atoms with E-state index in [0.717, 1.165) is 17.1 Å². The van der Waals surface area contributed by atoms with Crippen molar-refractivity contribution in [2.45, 2.75) is 19.4 Å². The fraction of sp³-hybridized carbons (Fsp3) is 0.308. The third-order valence-corrected chi connectivity index (χ3v) is 2.61. The number of hydrogen-bond acceptors (Lipinski definition) is 3. The number of H-pyrrole nitrogens is 1. The van der Waals surface area contributed by atoms with Gasteiger partial charge in [0.25, 0.3) is 0 Å². The van der Waals surface area contributed by atoms with Gasteiger partial charge in [-0.2, -0.15) is 0 Å². The van der Waals surface area contributed by atoms with Gasteiger partial charge < -0.3 is 15.5 Å². The summed E-state index contributed by atoms with van der Waals surface area (Å²) in [7, 11) is 1.44. The van der Waals surface area contributed by atoms with Gasteiger partial charge in [-0.25, -0.2) is 9.37 Å². The van der Waals surface area contributed by atoms with E-state index in [1.807, 2.05) is 6.92 Å². The molecule has 0 aliphatic carbocycles. The van der Waals surface area contributed by atoms with Crippen LogP contribution in [0.4, 0.5) is 4.39 Å². The van der Waals surface area contributed by atoms with E-state index in [0.29, 0.717) is 6.42 Å². The number of methoxy groups -OCH3 is 1. The molecule has 0 spiro atoms. The summed E-state index contributed by atoms with van der Waals surface area (Å²) in [5, 5.41) is 0. The van der Waals surface area contributed by atoms with E-state index in [9.17, 15) is 4.39 Å². The normalized spacial score (nSPS) is 12.4. The molecule has 4 nitrogen and oxygen atoms in total. The molecule has 0 radical (unpaired) electrons. The Bertz CT molecular complexity index is 537. The van der Waals surface area contributed by atoms with Gasteiger partial charge in [0.2, 0.25) is 0 Å². The molecule has 1 unspecified atom stereocenters. The molecule has 0 saturated heterocycles. The first-order chi connectivity index (χ1) is 8.60. The third-order valence-electron chi connectivity index (χ3n) is 2.61. The Balaban J connectivity index is 2.26. The highest BCUT2D eigenvalue weighted by Crippen LogP contribution is 2.24. The van der Waals surface area contributed by atoms with Gasteiger partial charge in [-0.3, -0.25) is 0 Å². The standard InChI is InChI=1S/C13H16FN3O/c1-8(15)5-13-16-7-11(17-13)9-3-4-12(18-2)10(14)6-9/h3-4,6-8H,5,15H2,1-2H3,(H,16,17). The number of nitrogens with one attached hydrogen (secondary N) is 1. The minimum atomic E-state index is -0.390. The minimum absolute atomic E-state index is 0.0385. The molecule has 0 bridgehead atoms. The number of rotatable bonds is 4. The molecule has 0 amide bonds. The molecule has 0 aliphatic heterocycles. The number of hydrogen-bond donors (Lipinski definition) is 2. The van der Waals surface area contributed by atoms with Gasteiger partial charge in [-0.15, -0.1) is 0 Å². The number of halogens is 1. The second-order valence-corrected chi connectivity index (χ2v) is 4.27. The molecule has 96 valence electrons. The third kappa shape index (κ3) is 2.68. The number of imidazole rings is 1. The van der Waals surface area contributed by atoms with Crippen molar-refractivity contribution < 1.29 is 9.13 Å². The number of aromatic amines is 1. The zero-order valence-electron chi connectivity index (χ0n) is 10.4. The molecule has 2 rings (SSSR count). The van der Waals surface area contributed by atoms with E-state index >= 15 is 0 Å². The maximum Gasteiger partial charge on any atom is 0.165 e. The topological polar surface area (TPSA) is 63.9 Å². The van der Waals surface area contributed by atoms with Gasteiger partial charge in [0.1, 0.15) is 5.82 Å². The molecule has 0 fully saturated rings. The maximum absolute atomic E-state index is 13.6. The van der Waals surface area contributed by atoms with Gasteiger partial charge >= 0.3 is 0 Å².